The minimum Gasteiger partial charge on any atom is -0.456 e. The van der Waals surface area contributed by atoms with Crippen molar-refractivity contribution in [2.45, 2.75) is 25.2 Å². The van der Waals surface area contributed by atoms with Gasteiger partial charge in [0.15, 0.2) is 11.7 Å². The van der Waals surface area contributed by atoms with E-state index in [0.29, 0.717) is 10.9 Å². The van der Waals surface area contributed by atoms with E-state index in [-0.39, 0.29) is 24.9 Å². The molecule has 3 rings (SSSR count). The molecule has 1 heterocycles. The molecule has 140 valence electrons. The maximum absolute atomic E-state index is 12.0. The van der Waals surface area contributed by atoms with Crippen LogP contribution in [0.4, 0.5) is 5.13 Å². The molecule has 5 nitrogen and oxygen atoms in total. The zero-order valence-electron chi connectivity index (χ0n) is 15.2. The summed E-state index contributed by atoms with van der Waals surface area (Å²) in [4.78, 5) is 29.3. The first-order chi connectivity index (χ1) is 13.0. The van der Waals surface area contributed by atoms with Crippen LogP contribution in [-0.4, -0.2) is 29.2 Å². The van der Waals surface area contributed by atoms with E-state index >= 15 is 0 Å². The Hall–Kier alpha value is -2.38. The number of rotatable bonds is 7. The Bertz CT molecular complexity index is 955. The molecule has 0 aliphatic carbocycles. The van der Waals surface area contributed by atoms with Crippen molar-refractivity contribution in [1.82, 2.24) is 4.98 Å². The number of aromatic nitrogens is 1. The van der Waals surface area contributed by atoms with E-state index in [1.54, 1.807) is 11.8 Å². The van der Waals surface area contributed by atoms with Crippen LogP contribution < -0.4 is 5.32 Å². The number of anilines is 1. The van der Waals surface area contributed by atoms with E-state index in [1.807, 2.05) is 50.2 Å². The SMILES string of the molecule is Cc1cc(C)c2nc(NC(=O)COC(=O)CCSc3ccccc3)sc2c1. The Labute approximate surface area is 166 Å². The van der Waals surface area contributed by atoms with Crippen LogP contribution in [0.2, 0.25) is 0 Å². The van der Waals surface area contributed by atoms with Gasteiger partial charge in [-0.15, -0.1) is 11.8 Å². The van der Waals surface area contributed by atoms with Gasteiger partial charge in [0.2, 0.25) is 0 Å². The predicted molar refractivity (Wildman–Crippen MR) is 110 cm³/mol. The number of ether oxygens (including phenoxy) is 1. The van der Waals surface area contributed by atoms with Crippen molar-refractivity contribution in [1.29, 1.82) is 0 Å². The highest BCUT2D eigenvalue weighted by atomic mass is 32.2. The second-order valence-corrected chi connectivity index (χ2v) is 8.27. The number of fused-ring (bicyclic) bond motifs is 1. The van der Waals surface area contributed by atoms with Gasteiger partial charge in [0.1, 0.15) is 0 Å². The van der Waals surface area contributed by atoms with E-state index in [4.69, 9.17) is 4.74 Å². The van der Waals surface area contributed by atoms with Crippen molar-refractivity contribution in [2.75, 3.05) is 17.7 Å². The van der Waals surface area contributed by atoms with E-state index in [0.717, 1.165) is 26.2 Å². The lowest BCUT2D eigenvalue weighted by molar-refractivity contribution is -0.146. The monoisotopic (exact) mass is 400 g/mol. The summed E-state index contributed by atoms with van der Waals surface area (Å²) in [6.45, 7) is 3.72. The highest BCUT2D eigenvalue weighted by Gasteiger charge is 2.12. The summed E-state index contributed by atoms with van der Waals surface area (Å²) in [5.74, 6) is -0.155. The van der Waals surface area contributed by atoms with Gasteiger partial charge in [-0.2, -0.15) is 0 Å². The van der Waals surface area contributed by atoms with Crippen LogP contribution in [0.3, 0.4) is 0 Å². The van der Waals surface area contributed by atoms with E-state index in [1.165, 1.54) is 11.3 Å². The van der Waals surface area contributed by atoms with Gasteiger partial charge in [0, 0.05) is 10.6 Å². The number of thioether (sulfide) groups is 1. The summed E-state index contributed by atoms with van der Waals surface area (Å²) in [5.41, 5.74) is 3.11. The van der Waals surface area contributed by atoms with Crippen LogP contribution in [0.1, 0.15) is 17.5 Å². The molecule has 2 aromatic carbocycles. The summed E-state index contributed by atoms with van der Waals surface area (Å²) >= 11 is 2.99. The highest BCUT2D eigenvalue weighted by molar-refractivity contribution is 7.99. The van der Waals surface area contributed by atoms with E-state index in [2.05, 4.69) is 16.4 Å². The first-order valence-electron chi connectivity index (χ1n) is 8.52. The van der Waals surface area contributed by atoms with Crippen LogP contribution in [0.15, 0.2) is 47.4 Å². The third-order valence-electron chi connectivity index (χ3n) is 3.76. The topological polar surface area (TPSA) is 68.3 Å². The lowest BCUT2D eigenvalue weighted by atomic mass is 10.1. The molecule has 0 saturated carbocycles. The molecule has 1 amide bonds. The Balaban J connectivity index is 1.44. The van der Waals surface area contributed by atoms with Gasteiger partial charge < -0.3 is 4.74 Å². The molecule has 0 bridgehead atoms. The zero-order valence-corrected chi connectivity index (χ0v) is 16.8. The lowest BCUT2D eigenvalue weighted by Crippen LogP contribution is -2.20. The normalized spacial score (nSPS) is 10.7. The number of amides is 1. The van der Waals surface area contributed by atoms with Gasteiger partial charge in [0.05, 0.1) is 16.6 Å². The molecular formula is C20H20N2O3S2. The van der Waals surface area contributed by atoms with Crippen molar-refractivity contribution in [3.8, 4) is 0 Å². The summed E-state index contributed by atoms with van der Waals surface area (Å²) < 4.78 is 6.07. The molecule has 0 fully saturated rings. The molecule has 1 N–H and O–H groups in total. The van der Waals surface area contributed by atoms with Gasteiger partial charge in [-0.25, -0.2) is 4.98 Å². The molecule has 27 heavy (non-hydrogen) atoms. The first kappa shape index (κ1) is 19.4. The molecule has 1 aromatic heterocycles. The first-order valence-corrected chi connectivity index (χ1v) is 10.3. The largest absolute Gasteiger partial charge is 0.456 e. The standard InChI is InChI=1S/C20H20N2O3S2/c1-13-10-14(2)19-16(11-13)27-20(22-19)21-17(23)12-25-18(24)8-9-26-15-6-4-3-5-7-15/h3-7,10-11H,8-9,12H2,1-2H3,(H,21,22,23). The minimum absolute atomic E-state index is 0.256. The fourth-order valence-corrected chi connectivity index (χ4v) is 4.48. The average molecular weight is 401 g/mol. The van der Waals surface area contributed by atoms with Gasteiger partial charge in [-0.1, -0.05) is 35.6 Å². The number of nitrogens with zero attached hydrogens (tertiary/aromatic N) is 1. The fourth-order valence-electron chi connectivity index (χ4n) is 2.57. The summed E-state index contributed by atoms with van der Waals surface area (Å²) in [5, 5.41) is 3.21. The van der Waals surface area contributed by atoms with Crippen molar-refractivity contribution in [3.05, 3.63) is 53.6 Å². The molecule has 0 radical (unpaired) electrons. The number of thiazole rings is 1. The van der Waals surface area contributed by atoms with Crippen LogP contribution in [-0.2, 0) is 14.3 Å². The van der Waals surface area contributed by atoms with Crippen LogP contribution in [0, 0.1) is 13.8 Å². The lowest BCUT2D eigenvalue weighted by Gasteiger charge is -2.04. The quantitative estimate of drug-likeness (QED) is 0.464. The number of aryl methyl sites for hydroxylation is 2. The second kappa shape index (κ2) is 9.01. The molecule has 0 saturated heterocycles. The number of hydrogen-bond donors (Lipinski definition) is 1. The maximum Gasteiger partial charge on any atom is 0.307 e. The zero-order chi connectivity index (χ0) is 19.2. The molecule has 7 heteroatoms. The summed E-state index contributed by atoms with van der Waals surface area (Å²) in [7, 11) is 0. The van der Waals surface area contributed by atoms with E-state index in [9.17, 15) is 9.59 Å². The van der Waals surface area contributed by atoms with Crippen molar-refractivity contribution in [3.63, 3.8) is 0 Å². The van der Waals surface area contributed by atoms with E-state index < -0.39 is 0 Å². The number of benzene rings is 2. The van der Waals surface area contributed by atoms with Gasteiger partial charge in [0.25, 0.3) is 5.91 Å². The molecule has 0 aliphatic heterocycles. The summed E-state index contributed by atoms with van der Waals surface area (Å²) in [6.07, 6.45) is 0.256. The van der Waals surface area contributed by atoms with Crippen LogP contribution >= 0.6 is 23.1 Å². The Kier molecular flexibility index (Phi) is 6.47. The summed E-state index contributed by atoms with van der Waals surface area (Å²) in [6, 6.07) is 13.9. The van der Waals surface area contributed by atoms with Crippen molar-refractivity contribution >= 4 is 50.3 Å². The van der Waals surface area contributed by atoms with Gasteiger partial charge >= 0.3 is 5.97 Å². The highest BCUT2D eigenvalue weighted by Crippen LogP contribution is 2.29. The van der Waals surface area contributed by atoms with Gasteiger partial charge in [-0.3, -0.25) is 14.9 Å². The third kappa shape index (κ3) is 5.55. The number of esters is 1. The Morgan fingerprint density at radius 1 is 1.19 bits per heavy atom. The number of carbonyl (C=O) groups is 2. The molecular weight excluding hydrogens is 380 g/mol. The molecule has 0 aliphatic rings. The number of nitrogens with one attached hydrogen (secondary N) is 1. The Morgan fingerprint density at radius 3 is 2.74 bits per heavy atom. The molecule has 0 unspecified atom stereocenters. The molecule has 3 aromatic rings. The third-order valence-corrected chi connectivity index (χ3v) is 5.69. The van der Waals surface area contributed by atoms with Crippen molar-refractivity contribution in [2.24, 2.45) is 0 Å². The number of hydrogen-bond acceptors (Lipinski definition) is 6. The maximum atomic E-state index is 12.0. The van der Waals surface area contributed by atoms with Gasteiger partial charge in [-0.05, 0) is 43.2 Å². The molecule has 0 spiro atoms. The fraction of sp³-hybridized carbons (Fsp3) is 0.250. The van der Waals surface area contributed by atoms with Crippen molar-refractivity contribution < 1.29 is 14.3 Å². The smallest absolute Gasteiger partial charge is 0.307 e. The average Bonchev–Trinajstić information content (AvgIpc) is 3.03. The molecule has 0 atom stereocenters. The second-order valence-electron chi connectivity index (χ2n) is 6.07. The predicted octanol–water partition coefficient (Wildman–Crippen LogP) is 4.58. The Morgan fingerprint density at radius 2 is 1.96 bits per heavy atom. The minimum atomic E-state index is -0.385. The number of carbonyl (C=O) groups excluding carboxylic acids is 2. The van der Waals surface area contributed by atoms with Crippen LogP contribution in [0.5, 0.6) is 0 Å². The van der Waals surface area contributed by atoms with Crippen LogP contribution in [0.25, 0.3) is 10.2 Å².